The summed E-state index contributed by atoms with van der Waals surface area (Å²) in [4.78, 5) is 30.0. The fraction of sp³-hybridized carbons (Fsp3) is 0.353. The molecule has 1 aromatic heterocycles. The summed E-state index contributed by atoms with van der Waals surface area (Å²) < 4.78 is 6.72. The first kappa shape index (κ1) is 19.1. The number of halogens is 1. The molecule has 6 nitrogen and oxygen atoms in total. The summed E-state index contributed by atoms with van der Waals surface area (Å²) in [6, 6.07) is 5.01. The molecular weight excluding hydrogens is 394 g/mol. The average Bonchev–Trinajstić information content (AvgIpc) is 2.97. The predicted molar refractivity (Wildman–Crippen MR) is 106 cm³/mol. The van der Waals surface area contributed by atoms with E-state index >= 15 is 0 Å². The van der Waals surface area contributed by atoms with Crippen molar-refractivity contribution < 1.29 is 9.53 Å². The van der Waals surface area contributed by atoms with E-state index in [4.69, 9.17) is 16.3 Å². The fourth-order valence-corrected chi connectivity index (χ4v) is 4.70. The molecule has 138 valence electrons. The van der Waals surface area contributed by atoms with Crippen molar-refractivity contribution in [1.82, 2.24) is 9.55 Å². The van der Waals surface area contributed by atoms with E-state index in [0.717, 1.165) is 17.0 Å². The van der Waals surface area contributed by atoms with E-state index in [0.29, 0.717) is 26.9 Å². The Morgan fingerprint density at radius 2 is 2.31 bits per heavy atom. The lowest BCUT2D eigenvalue weighted by Gasteiger charge is -2.11. The third-order valence-electron chi connectivity index (χ3n) is 3.85. The lowest BCUT2D eigenvalue weighted by atomic mass is 10.2. The van der Waals surface area contributed by atoms with Gasteiger partial charge >= 0.3 is 0 Å². The number of thioether (sulfide) groups is 2. The first-order valence-corrected chi connectivity index (χ1v) is 10.2. The molecule has 0 unspecified atom stereocenters. The van der Waals surface area contributed by atoms with Crippen molar-refractivity contribution >= 4 is 46.7 Å². The van der Waals surface area contributed by atoms with E-state index in [-0.39, 0.29) is 17.2 Å². The smallest absolute Gasteiger partial charge is 0.267 e. The molecule has 1 aromatic carbocycles. The van der Waals surface area contributed by atoms with Gasteiger partial charge in [0.1, 0.15) is 5.75 Å². The van der Waals surface area contributed by atoms with Crippen LogP contribution in [-0.4, -0.2) is 33.6 Å². The van der Waals surface area contributed by atoms with Crippen molar-refractivity contribution in [2.45, 2.75) is 28.6 Å². The minimum atomic E-state index is -0.229. The van der Waals surface area contributed by atoms with Crippen LogP contribution in [-0.2, 0) is 18.3 Å². The van der Waals surface area contributed by atoms with Crippen molar-refractivity contribution in [2.75, 3.05) is 18.2 Å². The van der Waals surface area contributed by atoms with E-state index in [1.807, 2.05) is 0 Å². The molecule has 26 heavy (non-hydrogen) atoms. The molecule has 1 N–H and O–H groups in total. The van der Waals surface area contributed by atoms with Crippen LogP contribution in [0.1, 0.15) is 12.6 Å². The highest BCUT2D eigenvalue weighted by Crippen LogP contribution is 2.34. The van der Waals surface area contributed by atoms with Crippen molar-refractivity contribution in [1.29, 1.82) is 0 Å². The third kappa shape index (κ3) is 4.02. The number of benzene rings is 1. The maximum atomic E-state index is 12.4. The zero-order valence-electron chi connectivity index (χ0n) is 14.5. The molecule has 0 radical (unpaired) electrons. The largest absolute Gasteiger partial charge is 0.495 e. The van der Waals surface area contributed by atoms with Gasteiger partial charge in [0.25, 0.3) is 5.56 Å². The monoisotopic (exact) mass is 411 g/mol. The molecule has 0 fully saturated rings. The van der Waals surface area contributed by atoms with Gasteiger partial charge in [-0.2, -0.15) is 0 Å². The number of fused-ring (bicyclic) bond motifs is 1. The van der Waals surface area contributed by atoms with Gasteiger partial charge in [-0.05, 0) is 18.2 Å². The molecule has 2 aromatic rings. The van der Waals surface area contributed by atoms with E-state index < -0.39 is 0 Å². The molecular formula is C17H18ClN3O3S2. The van der Waals surface area contributed by atoms with Gasteiger partial charge in [0.2, 0.25) is 5.91 Å². The second kappa shape index (κ2) is 7.94. The van der Waals surface area contributed by atoms with Gasteiger partial charge in [-0.1, -0.05) is 30.3 Å². The Hall–Kier alpha value is -1.64. The molecule has 0 spiro atoms. The second-order valence-electron chi connectivity index (χ2n) is 5.85. The van der Waals surface area contributed by atoms with Crippen LogP contribution in [0.2, 0.25) is 5.02 Å². The number of rotatable bonds is 5. The summed E-state index contributed by atoms with van der Waals surface area (Å²) in [5, 5.41) is 4.17. The highest BCUT2D eigenvalue weighted by atomic mass is 35.5. The number of hydrogen-bond donors (Lipinski definition) is 1. The highest BCUT2D eigenvalue weighted by molar-refractivity contribution is 8.00. The maximum absolute atomic E-state index is 12.4. The third-order valence-corrected chi connectivity index (χ3v) is 6.33. The van der Waals surface area contributed by atoms with Crippen molar-refractivity contribution in [3.8, 4) is 5.75 Å². The molecule has 0 bridgehead atoms. The minimum absolute atomic E-state index is 0.0521. The molecule has 1 aliphatic rings. The molecule has 0 saturated heterocycles. The summed E-state index contributed by atoms with van der Waals surface area (Å²) in [7, 11) is 3.20. The Morgan fingerprint density at radius 1 is 1.54 bits per heavy atom. The van der Waals surface area contributed by atoms with Crippen LogP contribution in [0.25, 0.3) is 0 Å². The number of nitrogens with zero attached hydrogens (tertiary/aromatic N) is 2. The lowest BCUT2D eigenvalue weighted by molar-refractivity contribution is -0.113. The van der Waals surface area contributed by atoms with Gasteiger partial charge < -0.3 is 10.1 Å². The zero-order chi connectivity index (χ0) is 18.8. The highest BCUT2D eigenvalue weighted by Gasteiger charge is 2.25. The summed E-state index contributed by atoms with van der Waals surface area (Å²) in [5.74, 6) is 0.423. The van der Waals surface area contributed by atoms with Crippen LogP contribution in [0, 0.1) is 0 Å². The number of carbonyl (C=O) groups is 1. The number of methoxy groups -OCH3 is 1. The van der Waals surface area contributed by atoms with Gasteiger partial charge in [0, 0.05) is 23.7 Å². The van der Waals surface area contributed by atoms with Crippen LogP contribution >= 0.6 is 35.1 Å². The molecule has 0 saturated carbocycles. The Bertz CT molecular complexity index is 917. The number of nitrogens with one attached hydrogen (secondary N) is 1. The lowest BCUT2D eigenvalue weighted by Crippen LogP contribution is -2.23. The predicted octanol–water partition coefficient (Wildman–Crippen LogP) is 3.21. The molecule has 1 atom stereocenters. The standard InChI is InChI=1S/C17H18ClN3O3S2/c1-9-6-12-15(26-9)16(23)21(2)17(20-12)25-8-14(22)19-11-7-10(18)4-5-13(11)24-3/h4-5,7,9H,6,8H2,1-3H3,(H,19,22)/t9-/m0/s1. The van der Waals surface area contributed by atoms with Crippen LogP contribution in [0.4, 0.5) is 5.69 Å². The van der Waals surface area contributed by atoms with Crippen molar-refractivity contribution in [2.24, 2.45) is 7.05 Å². The van der Waals surface area contributed by atoms with Crippen LogP contribution < -0.4 is 15.6 Å². The quantitative estimate of drug-likeness (QED) is 0.601. The molecule has 3 rings (SSSR count). The summed E-state index contributed by atoms with van der Waals surface area (Å²) >= 11 is 8.76. The Labute approximate surface area is 164 Å². The summed E-state index contributed by atoms with van der Waals surface area (Å²) in [6.45, 7) is 2.07. The SMILES string of the molecule is COc1ccc(Cl)cc1NC(=O)CSc1nc2c(c(=O)n1C)S[C@@H](C)C2. The molecule has 1 amide bonds. The zero-order valence-corrected chi connectivity index (χ0v) is 16.9. The van der Waals surface area contributed by atoms with Crippen LogP contribution in [0.15, 0.2) is 33.0 Å². The number of aromatic nitrogens is 2. The van der Waals surface area contributed by atoms with Gasteiger partial charge in [-0.3, -0.25) is 14.2 Å². The Kier molecular flexibility index (Phi) is 5.84. The van der Waals surface area contributed by atoms with E-state index in [1.54, 1.807) is 37.0 Å². The number of ether oxygens (including phenoxy) is 1. The van der Waals surface area contributed by atoms with Crippen LogP contribution in [0.3, 0.4) is 0 Å². The van der Waals surface area contributed by atoms with E-state index in [9.17, 15) is 9.59 Å². The van der Waals surface area contributed by atoms with Crippen molar-refractivity contribution in [3.05, 3.63) is 39.3 Å². The number of carbonyl (C=O) groups excluding carboxylic acids is 1. The molecule has 2 heterocycles. The minimum Gasteiger partial charge on any atom is -0.495 e. The fourth-order valence-electron chi connectivity index (χ4n) is 2.60. The number of hydrogen-bond acceptors (Lipinski definition) is 6. The molecule has 9 heteroatoms. The topological polar surface area (TPSA) is 73.2 Å². The second-order valence-corrected chi connectivity index (χ2v) is 8.68. The molecule has 0 aliphatic carbocycles. The van der Waals surface area contributed by atoms with Crippen LogP contribution in [0.5, 0.6) is 5.75 Å². The number of amides is 1. The van der Waals surface area contributed by atoms with Gasteiger partial charge in [0.15, 0.2) is 5.16 Å². The van der Waals surface area contributed by atoms with Crippen molar-refractivity contribution in [3.63, 3.8) is 0 Å². The van der Waals surface area contributed by atoms with Gasteiger partial charge in [0.05, 0.1) is 29.1 Å². The van der Waals surface area contributed by atoms with Gasteiger partial charge in [-0.25, -0.2) is 4.98 Å². The first-order valence-electron chi connectivity index (χ1n) is 7.91. The summed E-state index contributed by atoms with van der Waals surface area (Å²) in [6.07, 6.45) is 0.773. The first-order chi connectivity index (χ1) is 12.4. The van der Waals surface area contributed by atoms with E-state index in [2.05, 4.69) is 17.2 Å². The Balaban J connectivity index is 1.71. The number of anilines is 1. The Morgan fingerprint density at radius 3 is 3.04 bits per heavy atom. The van der Waals surface area contributed by atoms with Gasteiger partial charge in [-0.15, -0.1) is 11.8 Å². The molecule has 1 aliphatic heterocycles. The average molecular weight is 412 g/mol. The maximum Gasteiger partial charge on any atom is 0.267 e. The normalized spacial score (nSPS) is 15.6. The summed E-state index contributed by atoms with van der Waals surface area (Å²) in [5.41, 5.74) is 1.28. The van der Waals surface area contributed by atoms with E-state index in [1.165, 1.54) is 23.4 Å².